The first kappa shape index (κ1) is 9.10. The number of nitrogens with zero attached hydrogens (tertiary/aromatic N) is 2. The lowest BCUT2D eigenvalue weighted by Gasteiger charge is -2.18. The number of rotatable bonds is 0. The van der Waals surface area contributed by atoms with Crippen molar-refractivity contribution >= 4 is 0 Å². The minimum atomic E-state index is -0.513. The van der Waals surface area contributed by atoms with Gasteiger partial charge in [-0.2, -0.15) is 9.49 Å². The topological polar surface area (TPSA) is 25.8 Å². The standard InChI is InChI=1S/C9H13FN2/c1-6-5-7(10)11-12-8(6)9(2,3)4/h5H,1-4H3. The van der Waals surface area contributed by atoms with Crippen LogP contribution in [0.15, 0.2) is 6.07 Å². The number of halogens is 1. The van der Waals surface area contributed by atoms with Gasteiger partial charge in [-0.15, -0.1) is 5.10 Å². The Morgan fingerprint density at radius 3 is 2.25 bits per heavy atom. The molecule has 0 saturated carbocycles. The van der Waals surface area contributed by atoms with Crippen molar-refractivity contribution in [3.63, 3.8) is 0 Å². The number of aryl methyl sites for hydroxylation is 1. The molecule has 0 atom stereocenters. The van der Waals surface area contributed by atoms with Gasteiger partial charge in [0.25, 0.3) is 0 Å². The molecule has 0 amide bonds. The molecular formula is C9H13FN2. The summed E-state index contributed by atoms with van der Waals surface area (Å²) in [5, 5.41) is 7.21. The molecule has 0 bridgehead atoms. The van der Waals surface area contributed by atoms with Crippen LogP contribution in [-0.4, -0.2) is 10.2 Å². The second-order valence-electron chi connectivity index (χ2n) is 3.95. The van der Waals surface area contributed by atoms with Crippen molar-refractivity contribution in [3.05, 3.63) is 23.3 Å². The van der Waals surface area contributed by atoms with E-state index < -0.39 is 5.95 Å². The zero-order valence-corrected chi connectivity index (χ0v) is 7.85. The van der Waals surface area contributed by atoms with Gasteiger partial charge in [-0.25, -0.2) is 0 Å². The quantitative estimate of drug-likeness (QED) is 0.593. The lowest BCUT2D eigenvalue weighted by molar-refractivity contribution is 0.514. The minimum absolute atomic E-state index is 0.0647. The molecule has 1 heterocycles. The van der Waals surface area contributed by atoms with Crippen LogP contribution in [0.5, 0.6) is 0 Å². The van der Waals surface area contributed by atoms with Gasteiger partial charge in [0, 0.05) is 5.41 Å². The van der Waals surface area contributed by atoms with Crippen molar-refractivity contribution in [1.82, 2.24) is 10.2 Å². The van der Waals surface area contributed by atoms with Crippen LogP contribution in [0.1, 0.15) is 32.0 Å². The average Bonchev–Trinajstić information content (AvgIpc) is 1.83. The molecule has 0 aliphatic rings. The molecule has 1 aromatic heterocycles. The summed E-state index contributed by atoms with van der Waals surface area (Å²) < 4.78 is 12.6. The molecule has 12 heavy (non-hydrogen) atoms. The van der Waals surface area contributed by atoms with Gasteiger partial charge in [-0.05, 0) is 18.6 Å². The van der Waals surface area contributed by atoms with Crippen LogP contribution in [0.4, 0.5) is 4.39 Å². The number of hydrogen-bond acceptors (Lipinski definition) is 2. The molecule has 1 aromatic rings. The van der Waals surface area contributed by atoms with E-state index in [9.17, 15) is 4.39 Å². The Labute approximate surface area is 71.8 Å². The fraction of sp³-hybridized carbons (Fsp3) is 0.556. The van der Waals surface area contributed by atoms with Crippen molar-refractivity contribution < 1.29 is 4.39 Å². The van der Waals surface area contributed by atoms with E-state index in [2.05, 4.69) is 10.2 Å². The second kappa shape index (κ2) is 2.81. The van der Waals surface area contributed by atoms with Gasteiger partial charge in [0.05, 0.1) is 5.69 Å². The first-order valence-corrected chi connectivity index (χ1v) is 3.91. The highest BCUT2D eigenvalue weighted by Gasteiger charge is 2.18. The fourth-order valence-corrected chi connectivity index (χ4v) is 1.19. The van der Waals surface area contributed by atoms with Crippen LogP contribution in [-0.2, 0) is 5.41 Å². The van der Waals surface area contributed by atoms with Crippen LogP contribution in [0.2, 0.25) is 0 Å². The molecule has 0 unspecified atom stereocenters. The summed E-state index contributed by atoms with van der Waals surface area (Å²) in [6.07, 6.45) is 0. The van der Waals surface area contributed by atoms with E-state index in [4.69, 9.17) is 0 Å². The Morgan fingerprint density at radius 1 is 1.25 bits per heavy atom. The van der Waals surface area contributed by atoms with Gasteiger partial charge in [0.1, 0.15) is 0 Å². The Balaban J connectivity index is 3.19. The molecule has 0 saturated heterocycles. The van der Waals surface area contributed by atoms with Crippen LogP contribution in [0.25, 0.3) is 0 Å². The molecule has 0 fully saturated rings. The van der Waals surface area contributed by atoms with E-state index >= 15 is 0 Å². The molecule has 0 aliphatic carbocycles. The molecule has 3 heteroatoms. The van der Waals surface area contributed by atoms with Crippen molar-refractivity contribution in [2.75, 3.05) is 0 Å². The molecule has 2 nitrogen and oxygen atoms in total. The number of hydrogen-bond donors (Lipinski definition) is 0. The van der Waals surface area contributed by atoms with E-state index in [1.807, 2.05) is 27.7 Å². The van der Waals surface area contributed by atoms with Gasteiger partial charge in [-0.1, -0.05) is 20.8 Å². The Hall–Kier alpha value is -0.990. The maximum absolute atomic E-state index is 12.6. The Kier molecular flexibility index (Phi) is 2.13. The highest BCUT2D eigenvalue weighted by Crippen LogP contribution is 2.22. The molecule has 0 spiro atoms. The minimum Gasteiger partial charge on any atom is -0.183 e. The maximum atomic E-state index is 12.6. The summed E-state index contributed by atoms with van der Waals surface area (Å²) >= 11 is 0. The van der Waals surface area contributed by atoms with Crippen molar-refractivity contribution in [3.8, 4) is 0 Å². The predicted octanol–water partition coefficient (Wildman–Crippen LogP) is 2.22. The van der Waals surface area contributed by atoms with Crippen LogP contribution in [0.3, 0.4) is 0 Å². The molecule has 0 aromatic carbocycles. The Morgan fingerprint density at radius 2 is 1.83 bits per heavy atom. The zero-order valence-electron chi connectivity index (χ0n) is 7.85. The van der Waals surface area contributed by atoms with Gasteiger partial charge < -0.3 is 0 Å². The van der Waals surface area contributed by atoms with Crippen molar-refractivity contribution in [1.29, 1.82) is 0 Å². The van der Waals surface area contributed by atoms with E-state index in [0.717, 1.165) is 11.3 Å². The third-order valence-corrected chi connectivity index (χ3v) is 1.67. The molecule has 0 N–H and O–H groups in total. The molecule has 1 rings (SSSR count). The normalized spacial score (nSPS) is 11.8. The molecule has 0 aliphatic heterocycles. The first-order valence-electron chi connectivity index (χ1n) is 3.91. The summed E-state index contributed by atoms with van der Waals surface area (Å²) in [5.41, 5.74) is 1.64. The van der Waals surface area contributed by atoms with Crippen LogP contribution >= 0.6 is 0 Å². The van der Waals surface area contributed by atoms with Gasteiger partial charge in [0.2, 0.25) is 5.95 Å². The Bertz CT molecular complexity index is 289. The molecular weight excluding hydrogens is 155 g/mol. The zero-order chi connectivity index (χ0) is 9.35. The smallest absolute Gasteiger partial charge is 0.183 e. The van der Waals surface area contributed by atoms with Crippen LogP contribution < -0.4 is 0 Å². The summed E-state index contributed by atoms with van der Waals surface area (Å²) in [5.74, 6) is -0.513. The van der Waals surface area contributed by atoms with E-state index in [1.165, 1.54) is 6.07 Å². The van der Waals surface area contributed by atoms with Gasteiger partial charge in [-0.3, -0.25) is 0 Å². The summed E-state index contributed by atoms with van der Waals surface area (Å²) in [6, 6.07) is 1.41. The lowest BCUT2D eigenvalue weighted by atomic mass is 9.89. The SMILES string of the molecule is Cc1cc(F)nnc1C(C)(C)C. The number of aromatic nitrogens is 2. The summed E-state index contributed by atoms with van der Waals surface area (Å²) in [6.45, 7) is 7.93. The maximum Gasteiger partial charge on any atom is 0.233 e. The highest BCUT2D eigenvalue weighted by molar-refractivity contribution is 5.22. The second-order valence-corrected chi connectivity index (χ2v) is 3.95. The van der Waals surface area contributed by atoms with Gasteiger partial charge >= 0.3 is 0 Å². The molecule has 0 radical (unpaired) electrons. The lowest BCUT2D eigenvalue weighted by Crippen LogP contribution is -2.16. The van der Waals surface area contributed by atoms with Crippen molar-refractivity contribution in [2.45, 2.75) is 33.1 Å². The third kappa shape index (κ3) is 1.78. The highest BCUT2D eigenvalue weighted by atomic mass is 19.1. The predicted molar refractivity (Wildman–Crippen MR) is 45.4 cm³/mol. The first-order chi connectivity index (χ1) is 5.41. The monoisotopic (exact) mass is 168 g/mol. The summed E-state index contributed by atoms with van der Waals surface area (Å²) in [4.78, 5) is 0. The van der Waals surface area contributed by atoms with Crippen LogP contribution in [0, 0.1) is 12.9 Å². The van der Waals surface area contributed by atoms with E-state index in [0.29, 0.717) is 0 Å². The van der Waals surface area contributed by atoms with Crippen molar-refractivity contribution in [2.24, 2.45) is 0 Å². The summed E-state index contributed by atoms with van der Waals surface area (Å²) in [7, 11) is 0. The third-order valence-electron chi connectivity index (χ3n) is 1.67. The van der Waals surface area contributed by atoms with E-state index in [-0.39, 0.29) is 5.41 Å². The fourth-order valence-electron chi connectivity index (χ4n) is 1.19. The van der Waals surface area contributed by atoms with E-state index in [1.54, 1.807) is 0 Å². The largest absolute Gasteiger partial charge is 0.233 e. The molecule has 66 valence electrons. The average molecular weight is 168 g/mol. The van der Waals surface area contributed by atoms with Gasteiger partial charge in [0.15, 0.2) is 0 Å².